The molecule has 0 amide bonds. The topological polar surface area (TPSA) is 78.6 Å². The summed E-state index contributed by atoms with van der Waals surface area (Å²) in [7, 11) is 0. The first-order valence-electron chi connectivity index (χ1n) is 6.08. The molecular weight excluding hydrogens is 222 g/mol. The van der Waals surface area contributed by atoms with E-state index in [4.69, 9.17) is 15.2 Å². The summed E-state index contributed by atoms with van der Waals surface area (Å²) in [4.78, 5) is 22.7. The fourth-order valence-electron chi connectivity index (χ4n) is 1.24. The SMILES string of the molecule is CCCCC(=O)O[C@@H](CN)CC(=O)OC(C)C. The maximum atomic E-state index is 11.3. The molecule has 17 heavy (non-hydrogen) atoms. The maximum Gasteiger partial charge on any atom is 0.309 e. The van der Waals surface area contributed by atoms with Crippen molar-refractivity contribution in [2.45, 2.75) is 58.7 Å². The predicted octanol–water partition coefficient (Wildman–Crippen LogP) is 1.39. The highest BCUT2D eigenvalue weighted by molar-refractivity contribution is 5.72. The summed E-state index contributed by atoms with van der Waals surface area (Å²) < 4.78 is 10.0. The first-order chi connectivity index (χ1) is 7.99. The summed E-state index contributed by atoms with van der Waals surface area (Å²) in [5.74, 6) is -0.696. The summed E-state index contributed by atoms with van der Waals surface area (Å²) in [6, 6.07) is 0. The van der Waals surface area contributed by atoms with Crippen LogP contribution in [0.3, 0.4) is 0 Å². The zero-order valence-corrected chi connectivity index (χ0v) is 10.9. The highest BCUT2D eigenvalue weighted by Crippen LogP contribution is 2.05. The lowest BCUT2D eigenvalue weighted by Crippen LogP contribution is -2.30. The van der Waals surface area contributed by atoms with E-state index < -0.39 is 12.1 Å². The molecule has 0 heterocycles. The Hall–Kier alpha value is -1.10. The van der Waals surface area contributed by atoms with Gasteiger partial charge >= 0.3 is 11.9 Å². The Bertz CT molecular complexity index is 241. The van der Waals surface area contributed by atoms with E-state index in [-0.39, 0.29) is 25.0 Å². The molecule has 0 bridgehead atoms. The number of carbonyl (C=O) groups is 2. The van der Waals surface area contributed by atoms with Gasteiger partial charge in [0.15, 0.2) is 0 Å². The summed E-state index contributed by atoms with van der Waals surface area (Å²) in [6.07, 6.45) is 1.35. The highest BCUT2D eigenvalue weighted by Gasteiger charge is 2.18. The van der Waals surface area contributed by atoms with Crippen molar-refractivity contribution in [2.75, 3.05) is 6.54 Å². The molecule has 0 fully saturated rings. The second kappa shape index (κ2) is 8.98. The van der Waals surface area contributed by atoms with Gasteiger partial charge in [-0.15, -0.1) is 0 Å². The molecule has 0 aliphatic carbocycles. The fourth-order valence-corrected chi connectivity index (χ4v) is 1.24. The number of hydrogen-bond acceptors (Lipinski definition) is 5. The molecule has 0 unspecified atom stereocenters. The zero-order chi connectivity index (χ0) is 13.3. The molecule has 0 aromatic rings. The van der Waals surface area contributed by atoms with Crippen LogP contribution in [-0.2, 0) is 19.1 Å². The van der Waals surface area contributed by atoms with Gasteiger partial charge in [0.2, 0.25) is 0 Å². The third-order valence-corrected chi connectivity index (χ3v) is 2.06. The Morgan fingerprint density at radius 2 is 1.82 bits per heavy atom. The molecule has 0 rings (SSSR count). The molecule has 0 aromatic heterocycles. The van der Waals surface area contributed by atoms with Crippen molar-refractivity contribution in [1.82, 2.24) is 0 Å². The number of carbonyl (C=O) groups excluding carboxylic acids is 2. The molecule has 0 aromatic carbocycles. The van der Waals surface area contributed by atoms with Crippen LogP contribution in [0.15, 0.2) is 0 Å². The largest absolute Gasteiger partial charge is 0.463 e. The van der Waals surface area contributed by atoms with Crippen LogP contribution < -0.4 is 5.73 Å². The molecule has 2 N–H and O–H groups in total. The van der Waals surface area contributed by atoms with Gasteiger partial charge in [-0.05, 0) is 20.3 Å². The van der Waals surface area contributed by atoms with Crippen molar-refractivity contribution in [2.24, 2.45) is 5.73 Å². The van der Waals surface area contributed by atoms with E-state index in [2.05, 4.69) is 0 Å². The van der Waals surface area contributed by atoms with Crippen LogP contribution >= 0.6 is 0 Å². The van der Waals surface area contributed by atoms with Gasteiger partial charge in [0.1, 0.15) is 6.10 Å². The number of ether oxygens (including phenoxy) is 2. The van der Waals surface area contributed by atoms with Gasteiger partial charge in [-0.2, -0.15) is 0 Å². The third-order valence-electron chi connectivity index (χ3n) is 2.06. The van der Waals surface area contributed by atoms with Crippen molar-refractivity contribution in [3.05, 3.63) is 0 Å². The third kappa shape index (κ3) is 8.68. The number of unbranched alkanes of at least 4 members (excludes halogenated alkanes) is 1. The van der Waals surface area contributed by atoms with Crippen molar-refractivity contribution in [3.8, 4) is 0 Å². The maximum absolute atomic E-state index is 11.3. The molecule has 100 valence electrons. The van der Waals surface area contributed by atoms with Gasteiger partial charge in [0.25, 0.3) is 0 Å². The average Bonchev–Trinajstić information content (AvgIpc) is 2.24. The summed E-state index contributed by atoms with van der Waals surface area (Å²) >= 11 is 0. The molecule has 5 heteroatoms. The smallest absolute Gasteiger partial charge is 0.309 e. The molecule has 0 radical (unpaired) electrons. The van der Waals surface area contributed by atoms with Crippen LogP contribution in [0, 0.1) is 0 Å². The lowest BCUT2D eigenvalue weighted by Gasteiger charge is -2.16. The van der Waals surface area contributed by atoms with Crippen LogP contribution in [0.5, 0.6) is 0 Å². The Kier molecular flexibility index (Phi) is 8.40. The molecule has 0 aliphatic heterocycles. The van der Waals surface area contributed by atoms with E-state index in [9.17, 15) is 9.59 Å². The van der Waals surface area contributed by atoms with Gasteiger partial charge in [-0.25, -0.2) is 0 Å². The minimum atomic E-state index is -0.578. The van der Waals surface area contributed by atoms with Crippen LogP contribution in [0.25, 0.3) is 0 Å². The quantitative estimate of drug-likeness (QED) is 0.654. The molecule has 1 atom stereocenters. The van der Waals surface area contributed by atoms with Crippen LogP contribution in [-0.4, -0.2) is 30.7 Å². The van der Waals surface area contributed by atoms with E-state index in [1.54, 1.807) is 13.8 Å². The molecule has 0 saturated heterocycles. The molecule has 0 aliphatic rings. The van der Waals surface area contributed by atoms with Crippen molar-refractivity contribution in [1.29, 1.82) is 0 Å². The standard InChI is InChI=1S/C12H23NO4/c1-4-5-6-11(14)17-10(8-13)7-12(15)16-9(2)3/h9-10H,4-8,13H2,1-3H3/t10-/m1/s1. The Balaban J connectivity index is 3.98. The van der Waals surface area contributed by atoms with E-state index in [1.807, 2.05) is 6.92 Å². The second-order valence-corrected chi connectivity index (χ2v) is 4.19. The van der Waals surface area contributed by atoms with E-state index in [0.29, 0.717) is 6.42 Å². The van der Waals surface area contributed by atoms with Crippen LogP contribution in [0.1, 0.15) is 46.5 Å². The van der Waals surface area contributed by atoms with E-state index in [1.165, 1.54) is 0 Å². The van der Waals surface area contributed by atoms with Crippen molar-refractivity contribution in [3.63, 3.8) is 0 Å². The minimum Gasteiger partial charge on any atom is -0.463 e. The normalized spacial score (nSPS) is 12.3. The predicted molar refractivity (Wildman–Crippen MR) is 64.3 cm³/mol. The van der Waals surface area contributed by atoms with Crippen LogP contribution in [0.4, 0.5) is 0 Å². The van der Waals surface area contributed by atoms with Gasteiger partial charge in [0.05, 0.1) is 12.5 Å². The van der Waals surface area contributed by atoms with Crippen LogP contribution in [0.2, 0.25) is 0 Å². The first-order valence-corrected chi connectivity index (χ1v) is 6.08. The summed E-state index contributed by atoms with van der Waals surface area (Å²) in [5.41, 5.74) is 5.44. The average molecular weight is 245 g/mol. The Labute approximate surface area is 103 Å². The van der Waals surface area contributed by atoms with Crippen molar-refractivity contribution >= 4 is 11.9 Å². The monoisotopic (exact) mass is 245 g/mol. The van der Waals surface area contributed by atoms with Crippen molar-refractivity contribution < 1.29 is 19.1 Å². The lowest BCUT2D eigenvalue weighted by atomic mass is 10.2. The van der Waals surface area contributed by atoms with Gasteiger partial charge in [-0.3, -0.25) is 9.59 Å². The number of esters is 2. The second-order valence-electron chi connectivity index (χ2n) is 4.19. The Morgan fingerprint density at radius 1 is 1.18 bits per heavy atom. The molecule has 0 saturated carbocycles. The van der Waals surface area contributed by atoms with E-state index >= 15 is 0 Å². The number of rotatable bonds is 8. The van der Waals surface area contributed by atoms with Gasteiger partial charge < -0.3 is 15.2 Å². The van der Waals surface area contributed by atoms with E-state index in [0.717, 1.165) is 12.8 Å². The molecular formula is C12H23NO4. The highest BCUT2D eigenvalue weighted by atomic mass is 16.6. The number of hydrogen-bond donors (Lipinski definition) is 1. The summed E-state index contributed by atoms with van der Waals surface area (Å²) in [5, 5.41) is 0. The minimum absolute atomic E-state index is 0.0204. The van der Waals surface area contributed by atoms with Gasteiger partial charge in [-0.1, -0.05) is 13.3 Å². The van der Waals surface area contributed by atoms with Gasteiger partial charge in [0, 0.05) is 13.0 Å². The zero-order valence-electron chi connectivity index (χ0n) is 10.9. The fraction of sp³-hybridized carbons (Fsp3) is 0.833. The first kappa shape index (κ1) is 15.9. The Morgan fingerprint density at radius 3 is 2.29 bits per heavy atom. The molecule has 0 spiro atoms. The summed E-state index contributed by atoms with van der Waals surface area (Å²) in [6.45, 7) is 5.66. The molecule has 5 nitrogen and oxygen atoms in total. The number of nitrogens with two attached hydrogens (primary N) is 1. The lowest BCUT2D eigenvalue weighted by molar-refractivity contribution is -0.156.